The first-order valence-corrected chi connectivity index (χ1v) is 5.21. The lowest BCUT2D eigenvalue weighted by Crippen LogP contribution is -2.34. The monoisotopic (exact) mass is 214 g/mol. The Balaban J connectivity index is 2.16. The van der Waals surface area contributed by atoms with E-state index in [1.165, 1.54) is 0 Å². The molecule has 0 spiro atoms. The molecule has 1 saturated carbocycles. The van der Waals surface area contributed by atoms with Crippen molar-refractivity contribution in [2.75, 3.05) is 0 Å². The maximum Gasteiger partial charge on any atom is 0.306 e. The highest BCUT2D eigenvalue weighted by Crippen LogP contribution is 2.32. The molecule has 0 atom stereocenters. The van der Waals surface area contributed by atoms with Gasteiger partial charge in [0.05, 0.1) is 0 Å². The summed E-state index contributed by atoms with van der Waals surface area (Å²) < 4.78 is 9.95. The second-order valence-corrected chi connectivity index (χ2v) is 4.98. The molecule has 4 nitrogen and oxygen atoms in total. The Bertz CT molecular complexity index is 235. The molecule has 86 valence electrons. The molecule has 0 N–H and O–H groups in total. The summed E-state index contributed by atoms with van der Waals surface area (Å²) in [6.45, 7) is 6.02. The van der Waals surface area contributed by atoms with Crippen molar-refractivity contribution < 1.29 is 19.1 Å². The third kappa shape index (κ3) is 4.32. The molecule has 0 aromatic rings. The number of ether oxygens (including phenoxy) is 2. The first-order chi connectivity index (χ1) is 6.90. The summed E-state index contributed by atoms with van der Waals surface area (Å²) in [5.74, 6) is 0.141. The summed E-state index contributed by atoms with van der Waals surface area (Å²) >= 11 is 0. The van der Waals surface area contributed by atoms with Crippen LogP contribution in [-0.4, -0.2) is 24.1 Å². The van der Waals surface area contributed by atoms with E-state index in [4.69, 9.17) is 9.47 Å². The zero-order valence-corrected chi connectivity index (χ0v) is 9.49. The van der Waals surface area contributed by atoms with Gasteiger partial charge in [-0.15, -0.1) is 0 Å². The molecule has 0 saturated heterocycles. The Morgan fingerprint density at radius 3 is 2.47 bits per heavy atom. The van der Waals surface area contributed by atoms with E-state index < -0.39 is 5.60 Å². The maximum atomic E-state index is 11.4. The normalized spacial score (nSPS) is 25.3. The zero-order chi connectivity index (χ0) is 11.5. The quantitative estimate of drug-likeness (QED) is 0.527. The van der Waals surface area contributed by atoms with Gasteiger partial charge in [0.15, 0.2) is 0 Å². The van der Waals surface area contributed by atoms with Crippen LogP contribution in [0.4, 0.5) is 0 Å². The van der Waals surface area contributed by atoms with Crippen LogP contribution >= 0.6 is 0 Å². The van der Waals surface area contributed by atoms with E-state index in [0.717, 1.165) is 12.8 Å². The first kappa shape index (κ1) is 12.0. The van der Waals surface area contributed by atoms with Crippen LogP contribution in [0.2, 0.25) is 0 Å². The molecule has 0 radical (unpaired) electrons. The van der Waals surface area contributed by atoms with Crippen LogP contribution in [0.15, 0.2) is 0 Å². The molecule has 0 aromatic carbocycles. The number of carbonyl (C=O) groups is 2. The second kappa shape index (κ2) is 4.64. The van der Waals surface area contributed by atoms with Crippen molar-refractivity contribution in [3.05, 3.63) is 0 Å². The van der Waals surface area contributed by atoms with Crippen molar-refractivity contribution in [3.63, 3.8) is 0 Å². The molecule has 4 heteroatoms. The fourth-order valence-electron chi connectivity index (χ4n) is 1.65. The van der Waals surface area contributed by atoms with Gasteiger partial charge >= 0.3 is 5.97 Å². The van der Waals surface area contributed by atoms with Crippen LogP contribution in [0.25, 0.3) is 0 Å². The standard InChI is InChI=1S/C11H18O4/c1-11(2,3)15-10(13)6-8-4-9(5-8)14-7-12/h7-9H,4-6H2,1-3H3. The van der Waals surface area contributed by atoms with Gasteiger partial charge < -0.3 is 9.47 Å². The SMILES string of the molecule is CC(C)(C)OC(=O)CC1CC(OC=O)C1. The van der Waals surface area contributed by atoms with Crippen molar-refractivity contribution in [1.29, 1.82) is 0 Å². The van der Waals surface area contributed by atoms with E-state index in [2.05, 4.69) is 0 Å². The Morgan fingerprint density at radius 1 is 1.40 bits per heavy atom. The molecular formula is C11H18O4. The predicted molar refractivity (Wildman–Crippen MR) is 54.1 cm³/mol. The lowest BCUT2D eigenvalue weighted by atomic mass is 9.80. The number of esters is 1. The molecule has 1 rings (SSSR count). The zero-order valence-electron chi connectivity index (χ0n) is 9.49. The summed E-state index contributed by atoms with van der Waals surface area (Å²) in [6, 6.07) is 0. The van der Waals surface area contributed by atoms with Crippen molar-refractivity contribution >= 4 is 12.4 Å². The molecule has 1 fully saturated rings. The van der Waals surface area contributed by atoms with E-state index in [-0.39, 0.29) is 12.1 Å². The van der Waals surface area contributed by atoms with Gasteiger partial charge in [0.2, 0.25) is 0 Å². The molecule has 0 amide bonds. The van der Waals surface area contributed by atoms with Crippen molar-refractivity contribution in [1.82, 2.24) is 0 Å². The van der Waals surface area contributed by atoms with Crippen LogP contribution in [0.5, 0.6) is 0 Å². The van der Waals surface area contributed by atoms with Crippen LogP contribution < -0.4 is 0 Å². The molecule has 15 heavy (non-hydrogen) atoms. The molecule has 0 aliphatic heterocycles. The van der Waals surface area contributed by atoms with Gasteiger partial charge in [-0.2, -0.15) is 0 Å². The minimum absolute atomic E-state index is 0.00920. The summed E-state index contributed by atoms with van der Waals surface area (Å²) in [7, 11) is 0. The predicted octanol–water partition coefficient (Wildman–Crippen LogP) is 1.67. The number of hydrogen-bond donors (Lipinski definition) is 0. The highest BCUT2D eigenvalue weighted by molar-refractivity contribution is 5.70. The number of rotatable bonds is 4. The van der Waals surface area contributed by atoms with Gasteiger partial charge in [-0.25, -0.2) is 0 Å². The van der Waals surface area contributed by atoms with E-state index >= 15 is 0 Å². The third-order valence-electron chi connectivity index (χ3n) is 2.32. The minimum atomic E-state index is -0.417. The van der Waals surface area contributed by atoms with Gasteiger partial charge in [0.25, 0.3) is 6.47 Å². The fourth-order valence-corrected chi connectivity index (χ4v) is 1.65. The molecule has 0 aromatic heterocycles. The smallest absolute Gasteiger partial charge is 0.306 e. The average Bonchev–Trinajstić information content (AvgIpc) is 1.97. The Kier molecular flexibility index (Phi) is 3.72. The van der Waals surface area contributed by atoms with Crippen molar-refractivity contribution in [2.24, 2.45) is 5.92 Å². The molecular weight excluding hydrogens is 196 g/mol. The van der Waals surface area contributed by atoms with Crippen molar-refractivity contribution in [2.45, 2.75) is 51.7 Å². The lowest BCUT2D eigenvalue weighted by Gasteiger charge is -2.33. The number of hydrogen-bond acceptors (Lipinski definition) is 4. The Labute approximate surface area is 89.9 Å². The Hall–Kier alpha value is -1.06. The van der Waals surface area contributed by atoms with Gasteiger partial charge in [-0.1, -0.05) is 0 Å². The van der Waals surface area contributed by atoms with Crippen LogP contribution in [-0.2, 0) is 19.1 Å². The van der Waals surface area contributed by atoms with Crippen LogP contribution in [0.3, 0.4) is 0 Å². The van der Waals surface area contributed by atoms with E-state index in [1.54, 1.807) is 0 Å². The highest BCUT2D eigenvalue weighted by Gasteiger charge is 2.33. The van der Waals surface area contributed by atoms with Gasteiger partial charge in [-0.05, 0) is 39.5 Å². The highest BCUT2D eigenvalue weighted by atomic mass is 16.6. The average molecular weight is 214 g/mol. The van der Waals surface area contributed by atoms with Crippen LogP contribution in [0.1, 0.15) is 40.0 Å². The van der Waals surface area contributed by atoms with E-state index in [9.17, 15) is 9.59 Å². The summed E-state index contributed by atoms with van der Waals surface area (Å²) in [4.78, 5) is 21.4. The summed E-state index contributed by atoms with van der Waals surface area (Å²) in [5, 5.41) is 0. The van der Waals surface area contributed by atoms with E-state index in [1.807, 2.05) is 20.8 Å². The van der Waals surface area contributed by atoms with Gasteiger partial charge in [0, 0.05) is 6.42 Å². The van der Waals surface area contributed by atoms with Gasteiger partial charge in [0.1, 0.15) is 11.7 Å². The fraction of sp³-hybridized carbons (Fsp3) is 0.818. The summed E-state index contributed by atoms with van der Waals surface area (Å²) in [5.41, 5.74) is -0.417. The maximum absolute atomic E-state index is 11.4. The molecule has 1 aliphatic rings. The topological polar surface area (TPSA) is 52.6 Å². The molecule has 1 aliphatic carbocycles. The van der Waals surface area contributed by atoms with E-state index in [0.29, 0.717) is 18.8 Å². The molecule has 0 unspecified atom stereocenters. The third-order valence-corrected chi connectivity index (χ3v) is 2.32. The minimum Gasteiger partial charge on any atom is -0.465 e. The second-order valence-electron chi connectivity index (χ2n) is 4.98. The Morgan fingerprint density at radius 2 is 2.00 bits per heavy atom. The van der Waals surface area contributed by atoms with Crippen molar-refractivity contribution in [3.8, 4) is 0 Å². The number of carbonyl (C=O) groups excluding carboxylic acids is 2. The lowest BCUT2D eigenvalue weighted by molar-refractivity contribution is -0.158. The first-order valence-electron chi connectivity index (χ1n) is 5.21. The van der Waals surface area contributed by atoms with Gasteiger partial charge in [-0.3, -0.25) is 9.59 Å². The molecule has 0 heterocycles. The molecule has 0 bridgehead atoms. The largest absolute Gasteiger partial charge is 0.465 e. The van der Waals surface area contributed by atoms with Crippen LogP contribution in [0, 0.1) is 5.92 Å². The summed E-state index contributed by atoms with van der Waals surface area (Å²) in [6.07, 6.45) is 1.99.